The highest BCUT2D eigenvalue weighted by Crippen LogP contribution is 2.41. The molecule has 1 N–H and O–H groups in total. The van der Waals surface area contributed by atoms with E-state index in [1.54, 1.807) is 0 Å². The second kappa shape index (κ2) is 10.2. The lowest BCUT2D eigenvalue weighted by Gasteiger charge is -2.34. The molecule has 9 nitrogen and oxygen atoms in total. The van der Waals surface area contributed by atoms with Crippen LogP contribution in [-0.2, 0) is 17.7 Å². The van der Waals surface area contributed by atoms with Gasteiger partial charge < -0.3 is 19.5 Å². The zero-order valence-corrected chi connectivity index (χ0v) is 25.7. The molecule has 0 bridgehead atoms. The van der Waals surface area contributed by atoms with Crippen molar-refractivity contribution in [3.8, 4) is 11.1 Å². The van der Waals surface area contributed by atoms with Crippen LogP contribution in [-0.4, -0.2) is 60.2 Å². The Hall–Kier alpha value is -4.14. The number of fused-ring (bicyclic) bond motifs is 2. The first kappa shape index (κ1) is 27.7. The van der Waals surface area contributed by atoms with E-state index in [4.69, 9.17) is 14.8 Å². The smallest absolute Gasteiger partial charge is 0.410 e. The van der Waals surface area contributed by atoms with Gasteiger partial charge in [-0.05, 0) is 107 Å². The SMILES string of the molecule is Cc1cn(C2CC2)nc1C(=O)N1CCc2cc(-c3cnc4[nH]cc(C)c4c3)cc([C@@H]3CCCN3C(=O)OC(C)(C)C)c2C1. The molecule has 0 spiro atoms. The van der Waals surface area contributed by atoms with Crippen LogP contribution in [0.4, 0.5) is 4.79 Å². The van der Waals surface area contributed by atoms with Gasteiger partial charge in [-0.3, -0.25) is 9.48 Å². The fourth-order valence-electron chi connectivity index (χ4n) is 6.63. The van der Waals surface area contributed by atoms with Crippen LogP contribution in [0, 0.1) is 13.8 Å². The van der Waals surface area contributed by atoms with Gasteiger partial charge in [0, 0.05) is 54.7 Å². The predicted molar refractivity (Wildman–Crippen MR) is 165 cm³/mol. The van der Waals surface area contributed by atoms with E-state index in [1.165, 1.54) is 5.56 Å². The number of nitrogens with one attached hydrogen (secondary N) is 1. The maximum atomic E-state index is 13.8. The molecule has 5 heterocycles. The van der Waals surface area contributed by atoms with Crippen molar-refractivity contribution in [1.29, 1.82) is 0 Å². The number of nitrogens with zero attached hydrogens (tertiary/aromatic N) is 5. The first-order valence-electron chi connectivity index (χ1n) is 15.5. The van der Waals surface area contributed by atoms with E-state index in [-0.39, 0.29) is 18.0 Å². The van der Waals surface area contributed by atoms with E-state index in [0.29, 0.717) is 31.4 Å². The van der Waals surface area contributed by atoms with Crippen LogP contribution < -0.4 is 0 Å². The average molecular weight is 581 g/mol. The molecule has 4 aromatic rings. The van der Waals surface area contributed by atoms with Crippen molar-refractivity contribution in [2.24, 2.45) is 0 Å². The summed E-state index contributed by atoms with van der Waals surface area (Å²) in [5.41, 5.74) is 8.50. The second-order valence-electron chi connectivity index (χ2n) is 13.5. The van der Waals surface area contributed by atoms with Crippen LogP contribution in [0.15, 0.2) is 36.8 Å². The van der Waals surface area contributed by atoms with Gasteiger partial charge in [-0.15, -0.1) is 0 Å². The van der Waals surface area contributed by atoms with Crippen molar-refractivity contribution in [3.05, 3.63) is 70.3 Å². The first-order valence-corrected chi connectivity index (χ1v) is 15.5. The number of aromatic nitrogens is 4. The number of rotatable bonds is 4. The summed E-state index contributed by atoms with van der Waals surface area (Å²) in [7, 11) is 0. The standard InChI is InChI=1S/C34H40N6O3/c1-20-16-35-31-26(20)15-24(17-36-31)23-13-22-10-12-38(32(41)30-21(2)18-40(37-30)25-8-9-25)19-28(22)27(14-23)29-7-6-11-39(29)33(42)43-34(3,4)5/h13-18,25,29H,6-12,19H2,1-5H3,(H,35,36)/t29-/m0/s1. The van der Waals surface area contributed by atoms with Gasteiger partial charge in [0.05, 0.1) is 12.1 Å². The number of benzene rings is 1. The molecule has 43 heavy (non-hydrogen) atoms. The highest BCUT2D eigenvalue weighted by atomic mass is 16.6. The lowest BCUT2D eigenvalue weighted by Crippen LogP contribution is -2.39. The molecule has 7 rings (SSSR count). The van der Waals surface area contributed by atoms with Crippen LogP contribution in [0.1, 0.15) is 96.8 Å². The minimum atomic E-state index is -0.577. The summed E-state index contributed by atoms with van der Waals surface area (Å²) < 4.78 is 7.81. The zero-order valence-electron chi connectivity index (χ0n) is 25.7. The van der Waals surface area contributed by atoms with Gasteiger partial charge in [0.2, 0.25) is 0 Å². The molecule has 3 aliphatic rings. The summed E-state index contributed by atoms with van der Waals surface area (Å²) in [6, 6.07) is 6.97. The third kappa shape index (κ3) is 5.19. The van der Waals surface area contributed by atoms with Crippen LogP contribution in [0.25, 0.3) is 22.2 Å². The number of amides is 2. The summed E-state index contributed by atoms with van der Waals surface area (Å²) in [5.74, 6) is -0.0226. The number of hydrogen-bond acceptors (Lipinski definition) is 5. The van der Waals surface area contributed by atoms with Gasteiger partial charge in [0.1, 0.15) is 11.2 Å². The number of likely N-dealkylation sites (tertiary alicyclic amines) is 1. The summed E-state index contributed by atoms with van der Waals surface area (Å²) in [4.78, 5) is 39.0. The minimum absolute atomic E-state index is 0.0226. The van der Waals surface area contributed by atoms with Crippen LogP contribution in [0.2, 0.25) is 0 Å². The van der Waals surface area contributed by atoms with Gasteiger partial charge in [-0.1, -0.05) is 6.07 Å². The van der Waals surface area contributed by atoms with Gasteiger partial charge in [-0.25, -0.2) is 9.78 Å². The van der Waals surface area contributed by atoms with Crippen molar-refractivity contribution in [3.63, 3.8) is 0 Å². The predicted octanol–water partition coefficient (Wildman–Crippen LogP) is 6.65. The van der Waals surface area contributed by atoms with Crippen LogP contribution in [0.5, 0.6) is 0 Å². The molecule has 2 fully saturated rings. The number of carbonyl (C=O) groups is 2. The Balaban J connectivity index is 1.28. The van der Waals surface area contributed by atoms with Gasteiger partial charge >= 0.3 is 6.09 Å². The molecule has 1 saturated heterocycles. The Morgan fingerprint density at radius 1 is 1.02 bits per heavy atom. The van der Waals surface area contributed by atoms with Crippen molar-refractivity contribution in [2.75, 3.05) is 13.1 Å². The molecular formula is C34H40N6O3. The molecule has 2 amide bonds. The Morgan fingerprint density at radius 3 is 2.60 bits per heavy atom. The highest BCUT2D eigenvalue weighted by Gasteiger charge is 2.37. The van der Waals surface area contributed by atoms with E-state index in [9.17, 15) is 9.59 Å². The minimum Gasteiger partial charge on any atom is -0.444 e. The second-order valence-corrected chi connectivity index (χ2v) is 13.5. The molecule has 1 aliphatic carbocycles. The summed E-state index contributed by atoms with van der Waals surface area (Å²) >= 11 is 0. The fraction of sp³-hybridized carbons (Fsp3) is 0.471. The number of H-pyrrole nitrogens is 1. The van der Waals surface area contributed by atoms with E-state index in [0.717, 1.165) is 76.5 Å². The molecule has 1 atom stereocenters. The molecule has 9 heteroatoms. The Kier molecular flexibility index (Phi) is 6.59. The number of pyridine rings is 1. The Morgan fingerprint density at radius 2 is 1.84 bits per heavy atom. The fourth-order valence-corrected chi connectivity index (χ4v) is 6.63. The largest absolute Gasteiger partial charge is 0.444 e. The number of aromatic amines is 1. The third-order valence-corrected chi connectivity index (χ3v) is 9.01. The zero-order chi connectivity index (χ0) is 30.0. The lowest BCUT2D eigenvalue weighted by molar-refractivity contribution is 0.0222. The van der Waals surface area contributed by atoms with Crippen molar-refractivity contribution >= 4 is 23.0 Å². The van der Waals surface area contributed by atoms with E-state index < -0.39 is 5.60 Å². The molecule has 3 aromatic heterocycles. The van der Waals surface area contributed by atoms with Crippen molar-refractivity contribution in [1.82, 2.24) is 29.5 Å². The average Bonchev–Trinajstić information content (AvgIpc) is 3.39. The van der Waals surface area contributed by atoms with Crippen LogP contribution >= 0.6 is 0 Å². The monoisotopic (exact) mass is 580 g/mol. The molecule has 2 aliphatic heterocycles. The van der Waals surface area contributed by atoms with Crippen molar-refractivity contribution < 1.29 is 14.3 Å². The first-order chi connectivity index (χ1) is 20.6. The number of aryl methyl sites for hydroxylation is 2. The molecule has 0 unspecified atom stereocenters. The van der Waals surface area contributed by atoms with E-state index in [1.807, 2.05) is 60.8 Å². The quantitative estimate of drug-likeness (QED) is 0.292. The maximum absolute atomic E-state index is 13.8. The molecule has 1 aromatic carbocycles. The topological polar surface area (TPSA) is 96.4 Å². The summed E-state index contributed by atoms with van der Waals surface area (Å²) in [6.07, 6.45) is 10.4. The van der Waals surface area contributed by atoms with Crippen molar-refractivity contribution in [2.45, 2.75) is 91.0 Å². The Labute approximate surface area is 252 Å². The van der Waals surface area contributed by atoms with Gasteiger partial charge in [-0.2, -0.15) is 5.10 Å². The molecule has 1 saturated carbocycles. The van der Waals surface area contributed by atoms with Gasteiger partial charge in [0.25, 0.3) is 5.91 Å². The maximum Gasteiger partial charge on any atom is 0.410 e. The van der Waals surface area contributed by atoms with E-state index >= 15 is 0 Å². The molecule has 0 radical (unpaired) electrons. The number of carbonyl (C=O) groups excluding carboxylic acids is 2. The molecular weight excluding hydrogens is 540 g/mol. The van der Waals surface area contributed by atoms with Crippen LogP contribution in [0.3, 0.4) is 0 Å². The Bertz CT molecular complexity index is 1740. The lowest BCUT2D eigenvalue weighted by atomic mass is 9.86. The van der Waals surface area contributed by atoms with Gasteiger partial charge in [0.15, 0.2) is 5.69 Å². The summed E-state index contributed by atoms with van der Waals surface area (Å²) in [6.45, 7) is 11.5. The summed E-state index contributed by atoms with van der Waals surface area (Å²) in [5, 5.41) is 5.80. The number of ether oxygens (including phenoxy) is 1. The molecule has 224 valence electrons. The highest BCUT2D eigenvalue weighted by molar-refractivity contribution is 5.94. The number of hydrogen-bond donors (Lipinski definition) is 1. The van der Waals surface area contributed by atoms with E-state index in [2.05, 4.69) is 30.1 Å². The normalized spacial score (nSPS) is 18.8. The third-order valence-electron chi connectivity index (χ3n) is 9.01.